The molecule has 2 aromatic rings. The van der Waals surface area contributed by atoms with Gasteiger partial charge in [0.2, 0.25) is 4.46 Å². The Morgan fingerprint density at radius 1 is 0.808 bits per heavy atom. The molecule has 1 nitrogen and oxygen atoms in total. The van der Waals surface area contributed by atoms with Gasteiger partial charge in [0, 0.05) is 5.69 Å². The summed E-state index contributed by atoms with van der Waals surface area (Å²) in [5.41, 5.74) is -2.48. The first-order valence-electron chi connectivity index (χ1n) is 7.15. The molecular formula is C17H9Cl2F6N. The quantitative estimate of drug-likeness (QED) is 0.276. The molecule has 1 aliphatic rings. The number of alkyl halides is 8. The summed E-state index contributed by atoms with van der Waals surface area (Å²) in [6.45, 7) is 0. The lowest BCUT2D eigenvalue weighted by Crippen LogP contribution is -2.36. The molecule has 138 valence electrons. The molecule has 0 unspecified atom stereocenters. The second-order valence-corrected chi connectivity index (χ2v) is 6.93. The number of fused-ring (bicyclic) bond motifs is 1. The SMILES string of the molecule is FC(F)(F)c1cc(N2c3ccccc3C=CC2(Cl)Cl)cc(C(F)(F)F)c1. The van der Waals surface area contributed by atoms with Gasteiger partial charge in [0.05, 0.1) is 16.8 Å². The molecule has 1 heterocycles. The van der Waals surface area contributed by atoms with Crippen molar-refractivity contribution in [1.29, 1.82) is 0 Å². The molecule has 26 heavy (non-hydrogen) atoms. The van der Waals surface area contributed by atoms with E-state index in [2.05, 4.69) is 0 Å². The topological polar surface area (TPSA) is 3.24 Å². The van der Waals surface area contributed by atoms with Gasteiger partial charge in [-0.15, -0.1) is 0 Å². The Hall–Kier alpha value is -1.86. The summed E-state index contributed by atoms with van der Waals surface area (Å²) in [4.78, 5) is 1.02. The lowest BCUT2D eigenvalue weighted by Gasteiger charge is -2.38. The number of rotatable bonds is 1. The van der Waals surface area contributed by atoms with Crippen LogP contribution in [0.4, 0.5) is 37.7 Å². The molecule has 0 aliphatic carbocycles. The zero-order chi connectivity index (χ0) is 19.3. The molecule has 3 rings (SSSR count). The molecule has 0 N–H and O–H groups in total. The standard InChI is InChI=1S/C17H9Cl2F6N/c18-15(19)6-5-10-3-1-2-4-14(10)26(15)13-8-11(16(20,21)22)7-12(9-13)17(23,24)25/h1-9H. The van der Waals surface area contributed by atoms with E-state index in [-0.39, 0.29) is 11.8 Å². The van der Waals surface area contributed by atoms with E-state index in [1.807, 2.05) is 0 Å². The van der Waals surface area contributed by atoms with E-state index < -0.39 is 33.6 Å². The maximum absolute atomic E-state index is 13.1. The van der Waals surface area contributed by atoms with Gasteiger partial charge in [-0.1, -0.05) is 47.5 Å². The number of benzene rings is 2. The van der Waals surface area contributed by atoms with E-state index in [0.29, 0.717) is 17.7 Å². The largest absolute Gasteiger partial charge is 0.416 e. The predicted molar refractivity (Wildman–Crippen MR) is 88.5 cm³/mol. The van der Waals surface area contributed by atoms with Crippen molar-refractivity contribution < 1.29 is 26.3 Å². The normalized spacial score (nSPS) is 16.5. The molecule has 0 atom stereocenters. The fourth-order valence-electron chi connectivity index (χ4n) is 2.64. The maximum Gasteiger partial charge on any atom is 0.416 e. The highest BCUT2D eigenvalue weighted by Crippen LogP contribution is 2.47. The Balaban J connectivity index is 2.27. The summed E-state index contributed by atoms with van der Waals surface area (Å²) in [7, 11) is 0. The third kappa shape index (κ3) is 3.50. The fraction of sp³-hybridized carbons (Fsp3) is 0.176. The first kappa shape index (κ1) is 18.9. The van der Waals surface area contributed by atoms with Crippen LogP contribution in [0.15, 0.2) is 48.5 Å². The molecule has 0 bridgehead atoms. The van der Waals surface area contributed by atoms with Crippen LogP contribution < -0.4 is 4.90 Å². The summed E-state index contributed by atoms with van der Waals surface area (Å²) in [5.74, 6) is 0. The number of hydrogen-bond donors (Lipinski definition) is 0. The highest BCUT2D eigenvalue weighted by Gasteiger charge is 2.40. The summed E-state index contributed by atoms with van der Waals surface area (Å²) in [5, 5.41) is 0. The second-order valence-electron chi connectivity index (χ2n) is 5.58. The monoisotopic (exact) mass is 411 g/mol. The molecule has 0 spiro atoms. The van der Waals surface area contributed by atoms with E-state index in [9.17, 15) is 26.3 Å². The van der Waals surface area contributed by atoms with Crippen molar-refractivity contribution in [3.8, 4) is 0 Å². The lowest BCUT2D eigenvalue weighted by molar-refractivity contribution is -0.143. The van der Waals surface area contributed by atoms with Crippen molar-refractivity contribution in [3.05, 3.63) is 65.2 Å². The van der Waals surface area contributed by atoms with Gasteiger partial charge in [-0.3, -0.25) is 0 Å². The minimum absolute atomic E-state index is 0.0549. The maximum atomic E-state index is 13.1. The number of anilines is 2. The molecule has 0 saturated carbocycles. The van der Waals surface area contributed by atoms with Crippen molar-refractivity contribution in [2.45, 2.75) is 16.8 Å². The zero-order valence-electron chi connectivity index (χ0n) is 12.7. The van der Waals surface area contributed by atoms with Crippen molar-refractivity contribution in [3.63, 3.8) is 0 Å². The molecule has 0 aromatic heterocycles. The minimum Gasteiger partial charge on any atom is -0.305 e. The highest BCUT2D eigenvalue weighted by atomic mass is 35.5. The van der Waals surface area contributed by atoms with E-state index in [0.717, 1.165) is 4.90 Å². The van der Waals surface area contributed by atoms with Gasteiger partial charge in [-0.2, -0.15) is 26.3 Å². The van der Waals surface area contributed by atoms with Crippen LogP contribution in [0, 0.1) is 0 Å². The van der Waals surface area contributed by atoms with Crippen LogP contribution in [-0.2, 0) is 12.4 Å². The summed E-state index contributed by atoms with van der Waals surface area (Å²) >= 11 is 12.4. The van der Waals surface area contributed by atoms with E-state index in [1.54, 1.807) is 24.3 Å². The lowest BCUT2D eigenvalue weighted by atomic mass is 10.0. The van der Waals surface area contributed by atoms with Gasteiger partial charge in [0.1, 0.15) is 0 Å². The van der Waals surface area contributed by atoms with Crippen molar-refractivity contribution in [2.24, 2.45) is 0 Å². The summed E-state index contributed by atoms with van der Waals surface area (Å²) < 4.78 is 76.9. The molecule has 1 aliphatic heterocycles. The Morgan fingerprint density at radius 2 is 1.35 bits per heavy atom. The first-order valence-corrected chi connectivity index (χ1v) is 7.91. The first-order chi connectivity index (χ1) is 11.9. The Morgan fingerprint density at radius 3 is 1.88 bits per heavy atom. The van der Waals surface area contributed by atoms with Crippen LogP contribution in [0.2, 0.25) is 0 Å². The Bertz CT molecular complexity index is 838. The van der Waals surface area contributed by atoms with Gasteiger partial charge < -0.3 is 4.90 Å². The fourth-order valence-corrected chi connectivity index (χ4v) is 3.14. The molecule has 9 heteroatoms. The Labute approximate surface area is 154 Å². The van der Waals surface area contributed by atoms with Crippen LogP contribution in [0.25, 0.3) is 6.08 Å². The van der Waals surface area contributed by atoms with Crippen LogP contribution in [0.5, 0.6) is 0 Å². The van der Waals surface area contributed by atoms with Crippen molar-refractivity contribution in [2.75, 3.05) is 4.90 Å². The summed E-state index contributed by atoms with van der Waals surface area (Å²) in [6, 6.07) is 7.62. The number of nitrogens with zero attached hydrogens (tertiary/aromatic N) is 1. The van der Waals surface area contributed by atoms with Gasteiger partial charge in [-0.05, 0) is 35.9 Å². The van der Waals surface area contributed by atoms with Crippen LogP contribution in [-0.4, -0.2) is 4.46 Å². The third-order valence-corrected chi connectivity index (χ3v) is 4.36. The zero-order valence-corrected chi connectivity index (χ0v) is 14.2. The summed E-state index contributed by atoms with van der Waals surface area (Å²) in [6.07, 6.45) is -7.11. The Kier molecular flexibility index (Phi) is 4.43. The highest BCUT2D eigenvalue weighted by molar-refractivity contribution is 6.52. The van der Waals surface area contributed by atoms with E-state index >= 15 is 0 Å². The molecule has 0 amide bonds. The van der Waals surface area contributed by atoms with Gasteiger partial charge in [0.15, 0.2) is 0 Å². The predicted octanol–water partition coefficient (Wildman–Crippen LogP) is 7.02. The minimum atomic E-state index is -4.97. The second kappa shape index (κ2) is 6.09. The van der Waals surface area contributed by atoms with Crippen molar-refractivity contribution >= 4 is 40.7 Å². The average molecular weight is 412 g/mol. The van der Waals surface area contributed by atoms with Gasteiger partial charge >= 0.3 is 12.4 Å². The van der Waals surface area contributed by atoms with Crippen LogP contribution in [0.3, 0.4) is 0 Å². The van der Waals surface area contributed by atoms with Crippen LogP contribution >= 0.6 is 23.2 Å². The van der Waals surface area contributed by atoms with E-state index in [1.165, 1.54) is 12.1 Å². The number of halogens is 8. The molecule has 0 saturated heterocycles. The molecule has 0 fully saturated rings. The van der Waals surface area contributed by atoms with Crippen LogP contribution in [0.1, 0.15) is 16.7 Å². The average Bonchev–Trinajstić information content (AvgIpc) is 2.52. The molecule has 2 aromatic carbocycles. The van der Waals surface area contributed by atoms with Crippen molar-refractivity contribution in [1.82, 2.24) is 0 Å². The number of hydrogen-bond acceptors (Lipinski definition) is 1. The van der Waals surface area contributed by atoms with Gasteiger partial charge in [-0.25, -0.2) is 0 Å². The van der Waals surface area contributed by atoms with Gasteiger partial charge in [0.25, 0.3) is 0 Å². The van der Waals surface area contributed by atoms with E-state index in [4.69, 9.17) is 23.2 Å². The smallest absolute Gasteiger partial charge is 0.305 e. The third-order valence-electron chi connectivity index (χ3n) is 3.77. The molecule has 0 radical (unpaired) electrons. The number of para-hydroxylation sites is 1. The molecular weight excluding hydrogens is 403 g/mol.